The minimum absolute atomic E-state index is 0.187. The molecule has 22 heavy (non-hydrogen) atoms. The highest BCUT2D eigenvalue weighted by Gasteiger charge is 2.29. The molecule has 1 N–H and O–H groups in total. The van der Waals surface area contributed by atoms with Gasteiger partial charge in [-0.05, 0) is 32.1 Å². The van der Waals surface area contributed by atoms with Gasteiger partial charge in [-0.2, -0.15) is 0 Å². The lowest BCUT2D eigenvalue weighted by atomic mass is 10.0. The summed E-state index contributed by atoms with van der Waals surface area (Å²) in [5.74, 6) is -1.74. The molecule has 1 atom stereocenters. The Morgan fingerprint density at radius 2 is 1.59 bits per heavy atom. The average Bonchev–Trinajstić information content (AvgIpc) is 2.87. The minimum atomic E-state index is -1.09. The molecule has 1 aliphatic carbocycles. The van der Waals surface area contributed by atoms with Gasteiger partial charge in [-0.1, -0.05) is 12.8 Å². The second kappa shape index (κ2) is 7.61. The number of hydrogen-bond donors (Lipinski definition) is 1. The fraction of sp³-hybridized carbons (Fsp3) is 0.812. The standard InChI is InChI=1S/C16H26N2O4/c1-12(16(21)22)15(20)18-8-4-7-17(9-10-18)14(19)11-13-5-2-3-6-13/h12-13H,2-11H2,1H3,(H,21,22). The fourth-order valence-electron chi connectivity index (χ4n) is 3.36. The van der Waals surface area contributed by atoms with Crippen molar-refractivity contribution in [3.63, 3.8) is 0 Å². The lowest BCUT2D eigenvalue weighted by Gasteiger charge is -2.24. The summed E-state index contributed by atoms with van der Waals surface area (Å²) in [6, 6.07) is 0. The Balaban J connectivity index is 1.85. The molecule has 0 radical (unpaired) electrons. The largest absolute Gasteiger partial charge is 0.481 e. The molecule has 1 unspecified atom stereocenters. The summed E-state index contributed by atoms with van der Waals surface area (Å²) in [5.41, 5.74) is 0. The van der Waals surface area contributed by atoms with Crippen molar-refractivity contribution in [1.82, 2.24) is 9.80 Å². The van der Waals surface area contributed by atoms with Crippen LogP contribution in [0.2, 0.25) is 0 Å². The van der Waals surface area contributed by atoms with Crippen LogP contribution in [0.1, 0.15) is 45.4 Å². The van der Waals surface area contributed by atoms with Crippen molar-refractivity contribution in [2.24, 2.45) is 11.8 Å². The van der Waals surface area contributed by atoms with Crippen LogP contribution in [0.25, 0.3) is 0 Å². The summed E-state index contributed by atoms with van der Waals surface area (Å²) in [7, 11) is 0. The Bertz CT molecular complexity index is 432. The van der Waals surface area contributed by atoms with E-state index in [1.807, 2.05) is 4.90 Å². The maximum absolute atomic E-state index is 12.4. The van der Waals surface area contributed by atoms with E-state index in [2.05, 4.69) is 0 Å². The smallest absolute Gasteiger partial charge is 0.315 e. The summed E-state index contributed by atoms with van der Waals surface area (Å²) in [6.45, 7) is 3.56. The molecule has 1 heterocycles. The predicted molar refractivity (Wildman–Crippen MR) is 81.2 cm³/mol. The Morgan fingerprint density at radius 3 is 2.23 bits per heavy atom. The number of hydrogen-bond acceptors (Lipinski definition) is 3. The Labute approximate surface area is 131 Å². The summed E-state index contributed by atoms with van der Waals surface area (Å²) >= 11 is 0. The van der Waals surface area contributed by atoms with Gasteiger partial charge in [0.15, 0.2) is 0 Å². The summed E-state index contributed by atoms with van der Waals surface area (Å²) in [5, 5.41) is 8.94. The molecule has 1 saturated heterocycles. The van der Waals surface area contributed by atoms with E-state index in [1.165, 1.54) is 19.8 Å². The van der Waals surface area contributed by atoms with Crippen LogP contribution in [0.3, 0.4) is 0 Å². The molecule has 1 aliphatic heterocycles. The zero-order chi connectivity index (χ0) is 16.1. The minimum Gasteiger partial charge on any atom is -0.481 e. The van der Waals surface area contributed by atoms with E-state index in [9.17, 15) is 14.4 Å². The van der Waals surface area contributed by atoms with Gasteiger partial charge >= 0.3 is 5.97 Å². The third-order valence-corrected chi connectivity index (χ3v) is 4.84. The first-order valence-corrected chi connectivity index (χ1v) is 8.28. The highest BCUT2D eigenvalue weighted by molar-refractivity contribution is 5.96. The van der Waals surface area contributed by atoms with E-state index < -0.39 is 11.9 Å². The highest BCUT2D eigenvalue weighted by atomic mass is 16.4. The molecule has 1 saturated carbocycles. The van der Waals surface area contributed by atoms with Crippen LogP contribution in [0.4, 0.5) is 0 Å². The van der Waals surface area contributed by atoms with E-state index >= 15 is 0 Å². The quantitative estimate of drug-likeness (QED) is 0.795. The van der Waals surface area contributed by atoms with Gasteiger partial charge in [0.1, 0.15) is 5.92 Å². The van der Waals surface area contributed by atoms with Crippen molar-refractivity contribution in [1.29, 1.82) is 0 Å². The molecule has 0 spiro atoms. The first-order valence-electron chi connectivity index (χ1n) is 8.28. The van der Waals surface area contributed by atoms with E-state index in [0.717, 1.165) is 12.8 Å². The van der Waals surface area contributed by atoms with Gasteiger partial charge in [-0.3, -0.25) is 14.4 Å². The van der Waals surface area contributed by atoms with Crippen molar-refractivity contribution in [3.8, 4) is 0 Å². The molecular weight excluding hydrogens is 284 g/mol. The van der Waals surface area contributed by atoms with Crippen LogP contribution < -0.4 is 0 Å². The molecular formula is C16H26N2O4. The monoisotopic (exact) mass is 310 g/mol. The molecule has 0 aromatic carbocycles. The molecule has 0 bridgehead atoms. The highest BCUT2D eigenvalue weighted by Crippen LogP contribution is 2.28. The number of carboxylic acid groups (broad SMARTS) is 1. The Hall–Kier alpha value is -1.59. The number of aliphatic carboxylic acids is 1. The summed E-state index contributed by atoms with van der Waals surface area (Å²) in [4.78, 5) is 38.8. The first-order chi connectivity index (χ1) is 10.5. The topological polar surface area (TPSA) is 77.9 Å². The maximum Gasteiger partial charge on any atom is 0.315 e. The lowest BCUT2D eigenvalue weighted by molar-refractivity contribution is -0.150. The van der Waals surface area contributed by atoms with Crippen molar-refractivity contribution in [2.45, 2.75) is 45.4 Å². The summed E-state index contributed by atoms with van der Waals surface area (Å²) in [6.07, 6.45) is 6.11. The number of amides is 2. The van der Waals surface area contributed by atoms with Gasteiger partial charge in [0.2, 0.25) is 11.8 Å². The summed E-state index contributed by atoms with van der Waals surface area (Å²) < 4.78 is 0. The van der Waals surface area contributed by atoms with E-state index in [4.69, 9.17) is 5.11 Å². The Kier molecular flexibility index (Phi) is 5.80. The van der Waals surface area contributed by atoms with E-state index in [0.29, 0.717) is 44.9 Å². The predicted octanol–water partition coefficient (Wildman–Crippen LogP) is 1.35. The number of nitrogens with zero attached hydrogens (tertiary/aromatic N) is 2. The molecule has 2 rings (SSSR count). The van der Waals surface area contributed by atoms with Crippen molar-refractivity contribution in [2.75, 3.05) is 26.2 Å². The third kappa shape index (κ3) is 4.21. The van der Waals surface area contributed by atoms with Crippen LogP contribution >= 0.6 is 0 Å². The fourth-order valence-corrected chi connectivity index (χ4v) is 3.36. The van der Waals surface area contributed by atoms with Gasteiger partial charge in [0.05, 0.1) is 0 Å². The van der Waals surface area contributed by atoms with Gasteiger partial charge in [-0.25, -0.2) is 0 Å². The van der Waals surface area contributed by atoms with Gasteiger partial charge in [0, 0.05) is 32.6 Å². The molecule has 2 fully saturated rings. The number of carbonyl (C=O) groups excluding carboxylic acids is 2. The molecule has 6 heteroatoms. The normalized spacial score (nSPS) is 21.5. The van der Waals surface area contributed by atoms with Crippen molar-refractivity contribution in [3.05, 3.63) is 0 Å². The lowest BCUT2D eigenvalue weighted by Crippen LogP contribution is -2.41. The Morgan fingerprint density at radius 1 is 1.00 bits per heavy atom. The first kappa shape index (κ1) is 16.8. The van der Waals surface area contributed by atoms with Gasteiger partial charge in [0.25, 0.3) is 0 Å². The number of carbonyl (C=O) groups is 3. The molecule has 124 valence electrons. The number of rotatable bonds is 4. The maximum atomic E-state index is 12.4. The van der Waals surface area contributed by atoms with Crippen molar-refractivity contribution < 1.29 is 19.5 Å². The average molecular weight is 310 g/mol. The molecule has 0 aromatic heterocycles. The SMILES string of the molecule is CC(C(=O)O)C(=O)N1CCCN(C(=O)CC2CCCC2)CC1. The van der Waals surface area contributed by atoms with Crippen LogP contribution in [-0.4, -0.2) is 58.9 Å². The van der Waals surface area contributed by atoms with Crippen LogP contribution in [0, 0.1) is 11.8 Å². The van der Waals surface area contributed by atoms with Gasteiger partial charge in [-0.15, -0.1) is 0 Å². The van der Waals surface area contributed by atoms with E-state index in [1.54, 1.807) is 4.90 Å². The van der Waals surface area contributed by atoms with E-state index in [-0.39, 0.29) is 11.8 Å². The third-order valence-electron chi connectivity index (χ3n) is 4.84. The zero-order valence-corrected chi connectivity index (χ0v) is 13.3. The second-order valence-electron chi connectivity index (χ2n) is 6.47. The molecule has 0 aromatic rings. The molecule has 2 amide bonds. The van der Waals surface area contributed by atoms with Crippen LogP contribution in [0.15, 0.2) is 0 Å². The second-order valence-corrected chi connectivity index (χ2v) is 6.47. The van der Waals surface area contributed by atoms with Crippen LogP contribution in [-0.2, 0) is 14.4 Å². The molecule has 6 nitrogen and oxygen atoms in total. The van der Waals surface area contributed by atoms with Gasteiger partial charge < -0.3 is 14.9 Å². The number of carboxylic acids is 1. The van der Waals surface area contributed by atoms with Crippen LogP contribution in [0.5, 0.6) is 0 Å². The molecule has 2 aliphatic rings. The van der Waals surface area contributed by atoms with Crippen molar-refractivity contribution >= 4 is 17.8 Å². The zero-order valence-electron chi connectivity index (χ0n) is 13.3.